The summed E-state index contributed by atoms with van der Waals surface area (Å²) in [5.74, 6) is -0.394. The molecule has 0 radical (unpaired) electrons. The molecule has 0 unspecified atom stereocenters. The number of rotatable bonds is 4. The van der Waals surface area contributed by atoms with Crippen molar-refractivity contribution < 1.29 is 9.21 Å². The monoisotopic (exact) mass is 327 g/mol. The van der Waals surface area contributed by atoms with Crippen LogP contribution < -0.4 is 10.7 Å². The van der Waals surface area contributed by atoms with Crippen LogP contribution in [0.4, 0.5) is 0 Å². The van der Waals surface area contributed by atoms with Crippen LogP contribution in [-0.4, -0.2) is 12.5 Å². The Balaban J connectivity index is 1.70. The second-order valence-electron chi connectivity index (χ2n) is 5.11. The molecule has 1 N–H and O–H groups in total. The van der Waals surface area contributed by atoms with Crippen LogP contribution in [0.25, 0.3) is 11.0 Å². The van der Waals surface area contributed by atoms with Gasteiger partial charge in [-0.15, -0.1) is 0 Å². The van der Waals surface area contributed by atoms with E-state index in [1.54, 1.807) is 30.3 Å². The van der Waals surface area contributed by atoms with Crippen LogP contribution >= 0.6 is 11.6 Å². The Morgan fingerprint density at radius 2 is 1.91 bits per heavy atom. The molecular formula is C18H14ClNO3. The maximum absolute atomic E-state index is 12.1. The highest BCUT2D eigenvalue weighted by molar-refractivity contribution is 6.30. The lowest BCUT2D eigenvalue weighted by molar-refractivity contribution is 0.0927. The highest BCUT2D eigenvalue weighted by atomic mass is 35.5. The Bertz CT molecular complexity index is 917. The molecule has 116 valence electrons. The van der Waals surface area contributed by atoms with E-state index in [2.05, 4.69) is 5.32 Å². The Hall–Kier alpha value is -2.59. The molecule has 0 spiro atoms. The van der Waals surface area contributed by atoms with Crippen LogP contribution in [0, 0.1) is 0 Å². The van der Waals surface area contributed by atoms with E-state index < -0.39 is 5.91 Å². The maximum Gasteiger partial charge on any atom is 0.287 e. The van der Waals surface area contributed by atoms with Crippen LogP contribution in [0.15, 0.2) is 63.8 Å². The van der Waals surface area contributed by atoms with Gasteiger partial charge in [-0.2, -0.15) is 0 Å². The summed E-state index contributed by atoms with van der Waals surface area (Å²) in [5, 5.41) is 3.87. The number of nitrogens with one attached hydrogen (secondary N) is 1. The van der Waals surface area contributed by atoms with Crippen molar-refractivity contribution >= 4 is 28.5 Å². The average molecular weight is 328 g/mol. The fraction of sp³-hybridized carbons (Fsp3) is 0.111. The molecule has 0 fully saturated rings. The first-order chi connectivity index (χ1) is 11.1. The number of fused-ring (bicyclic) bond motifs is 1. The molecular weight excluding hydrogens is 314 g/mol. The summed E-state index contributed by atoms with van der Waals surface area (Å²) >= 11 is 5.92. The number of amides is 1. The molecule has 1 heterocycles. The van der Waals surface area contributed by atoms with Crippen molar-refractivity contribution in [3.05, 3.63) is 81.2 Å². The molecule has 2 aromatic carbocycles. The number of benzene rings is 2. The smallest absolute Gasteiger partial charge is 0.287 e. The zero-order chi connectivity index (χ0) is 16.2. The Labute approximate surface area is 137 Å². The van der Waals surface area contributed by atoms with E-state index in [4.69, 9.17) is 16.0 Å². The number of halogens is 1. The molecule has 3 aromatic rings. The maximum atomic E-state index is 12.1. The summed E-state index contributed by atoms with van der Waals surface area (Å²) in [5.41, 5.74) is 1.20. The molecule has 0 aliphatic heterocycles. The summed E-state index contributed by atoms with van der Waals surface area (Å²) in [6.45, 7) is 0.426. The first-order valence-electron chi connectivity index (χ1n) is 7.19. The van der Waals surface area contributed by atoms with Crippen molar-refractivity contribution in [1.29, 1.82) is 0 Å². The first kappa shape index (κ1) is 15.3. The minimum Gasteiger partial charge on any atom is -0.451 e. The third-order valence-electron chi connectivity index (χ3n) is 3.45. The van der Waals surface area contributed by atoms with Crippen molar-refractivity contribution in [2.24, 2.45) is 0 Å². The number of carbonyl (C=O) groups excluding carboxylic acids is 1. The largest absolute Gasteiger partial charge is 0.451 e. The van der Waals surface area contributed by atoms with Gasteiger partial charge >= 0.3 is 0 Å². The molecule has 0 saturated carbocycles. The lowest BCUT2D eigenvalue weighted by atomic mass is 10.1. The van der Waals surface area contributed by atoms with Gasteiger partial charge in [0.2, 0.25) is 0 Å². The first-order valence-corrected chi connectivity index (χ1v) is 7.57. The number of para-hydroxylation sites is 1. The topological polar surface area (TPSA) is 59.3 Å². The molecule has 23 heavy (non-hydrogen) atoms. The Kier molecular flexibility index (Phi) is 4.44. The molecule has 0 saturated heterocycles. The summed E-state index contributed by atoms with van der Waals surface area (Å²) in [7, 11) is 0. The van der Waals surface area contributed by atoms with Gasteiger partial charge in [-0.25, -0.2) is 0 Å². The second kappa shape index (κ2) is 6.67. The second-order valence-corrected chi connectivity index (χ2v) is 5.54. The molecule has 0 bridgehead atoms. The van der Waals surface area contributed by atoms with Gasteiger partial charge in [0.25, 0.3) is 5.91 Å². The van der Waals surface area contributed by atoms with Crippen molar-refractivity contribution in [3.63, 3.8) is 0 Å². The normalized spacial score (nSPS) is 10.7. The fourth-order valence-electron chi connectivity index (χ4n) is 2.32. The summed E-state index contributed by atoms with van der Waals surface area (Å²) in [4.78, 5) is 24.1. The summed E-state index contributed by atoms with van der Waals surface area (Å²) in [6, 6.07) is 15.5. The average Bonchev–Trinajstić information content (AvgIpc) is 2.55. The van der Waals surface area contributed by atoms with Gasteiger partial charge < -0.3 is 9.73 Å². The van der Waals surface area contributed by atoms with E-state index in [-0.39, 0.29) is 11.2 Å². The standard InChI is InChI=1S/C18H14ClNO3/c19-13-5-3-4-12(10-13)8-9-20-18(22)17-11-15(21)14-6-1-2-7-16(14)23-17/h1-7,10-11H,8-9H2,(H,20,22). The van der Waals surface area contributed by atoms with E-state index in [0.29, 0.717) is 29.0 Å². The van der Waals surface area contributed by atoms with Gasteiger partial charge in [0.05, 0.1) is 5.39 Å². The van der Waals surface area contributed by atoms with Gasteiger partial charge in [-0.1, -0.05) is 35.9 Å². The zero-order valence-corrected chi connectivity index (χ0v) is 13.0. The number of hydrogen-bond acceptors (Lipinski definition) is 3. The quantitative estimate of drug-likeness (QED) is 0.798. The summed E-state index contributed by atoms with van der Waals surface area (Å²) in [6.07, 6.45) is 0.643. The van der Waals surface area contributed by atoms with E-state index >= 15 is 0 Å². The van der Waals surface area contributed by atoms with Gasteiger partial charge in [-0.3, -0.25) is 9.59 Å². The van der Waals surface area contributed by atoms with Crippen molar-refractivity contribution in [2.45, 2.75) is 6.42 Å². The van der Waals surface area contributed by atoms with E-state index in [1.165, 1.54) is 6.07 Å². The van der Waals surface area contributed by atoms with Crippen LogP contribution in [0.3, 0.4) is 0 Å². The van der Waals surface area contributed by atoms with Crippen LogP contribution in [0.2, 0.25) is 5.02 Å². The van der Waals surface area contributed by atoms with Gasteiger partial charge in [0.1, 0.15) is 5.58 Å². The van der Waals surface area contributed by atoms with Gasteiger partial charge in [0, 0.05) is 17.6 Å². The third-order valence-corrected chi connectivity index (χ3v) is 3.68. The predicted octanol–water partition coefficient (Wildman–Crippen LogP) is 3.42. The summed E-state index contributed by atoms with van der Waals surface area (Å²) < 4.78 is 5.49. The van der Waals surface area contributed by atoms with Gasteiger partial charge in [0.15, 0.2) is 11.2 Å². The van der Waals surface area contributed by atoms with E-state index in [1.807, 2.05) is 18.2 Å². The number of hydrogen-bond donors (Lipinski definition) is 1. The molecule has 0 aliphatic carbocycles. The van der Waals surface area contributed by atoms with Crippen molar-refractivity contribution in [1.82, 2.24) is 5.32 Å². The highest BCUT2D eigenvalue weighted by Crippen LogP contribution is 2.12. The lowest BCUT2D eigenvalue weighted by Crippen LogP contribution is -2.26. The van der Waals surface area contributed by atoms with Crippen LogP contribution in [-0.2, 0) is 6.42 Å². The van der Waals surface area contributed by atoms with E-state index in [9.17, 15) is 9.59 Å². The highest BCUT2D eigenvalue weighted by Gasteiger charge is 2.11. The Morgan fingerprint density at radius 1 is 1.09 bits per heavy atom. The lowest BCUT2D eigenvalue weighted by Gasteiger charge is -2.06. The van der Waals surface area contributed by atoms with Crippen LogP contribution in [0.1, 0.15) is 16.1 Å². The van der Waals surface area contributed by atoms with Crippen molar-refractivity contribution in [3.8, 4) is 0 Å². The zero-order valence-electron chi connectivity index (χ0n) is 12.2. The number of carbonyl (C=O) groups is 1. The van der Waals surface area contributed by atoms with Crippen LogP contribution in [0.5, 0.6) is 0 Å². The van der Waals surface area contributed by atoms with Gasteiger partial charge in [-0.05, 0) is 36.2 Å². The molecule has 5 heteroatoms. The molecule has 3 rings (SSSR count). The molecule has 0 aliphatic rings. The minimum absolute atomic E-state index is 0.0137. The van der Waals surface area contributed by atoms with E-state index in [0.717, 1.165) is 5.56 Å². The Morgan fingerprint density at radius 3 is 2.74 bits per heavy atom. The molecule has 1 aromatic heterocycles. The van der Waals surface area contributed by atoms with Crippen molar-refractivity contribution in [2.75, 3.05) is 6.54 Å². The predicted molar refractivity (Wildman–Crippen MR) is 90.0 cm³/mol. The molecule has 1 amide bonds. The molecule has 0 atom stereocenters. The fourth-order valence-corrected chi connectivity index (χ4v) is 2.53. The SMILES string of the molecule is O=C(NCCc1cccc(Cl)c1)c1cc(=O)c2ccccc2o1. The third kappa shape index (κ3) is 3.60. The molecule has 4 nitrogen and oxygen atoms in total. The minimum atomic E-state index is -0.408.